The van der Waals surface area contributed by atoms with E-state index in [2.05, 4.69) is 4.98 Å². The van der Waals surface area contributed by atoms with Gasteiger partial charge in [-0.2, -0.15) is 13.2 Å². The van der Waals surface area contributed by atoms with Gasteiger partial charge in [-0.05, 0) is 36.2 Å². The highest BCUT2D eigenvalue weighted by atomic mass is 32.2. The molecule has 0 bridgehead atoms. The van der Waals surface area contributed by atoms with Crippen LogP contribution in [0.25, 0.3) is 0 Å². The van der Waals surface area contributed by atoms with Gasteiger partial charge in [0.2, 0.25) is 0 Å². The van der Waals surface area contributed by atoms with Crippen molar-refractivity contribution in [1.29, 1.82) is 5.41 Å². The molecule has 0 saturated carbocycles. The highest BCUT2D eigenvalue weighted by molar-refractivity contribution is 8.00. The Balaban J connectivity index is 1.53. The Morgan fingerprint density at radius 2 is 2.04 bits per heavy atom. The molecule has 0 spiro atoms. The molecule has 1 aliphatic rings. The van der Waals surface area contributed by atoms with E-state index in [1.54, 1.807) is 24.3 Å². The molecule has 2 N–H and O–H groups in total. The van der Waals surface area contributed by atoms with Gasteiger partial charge in [0.1, 0.15) is 23.2 Å². The average Bonchev–Trinajstić information content (AvgIpc) is 3.14. The molecule has 9 heteroatoms. The molecule has 150 valence electrons. The van der Waals surface area contributed by atoms with Crippen LogP contribution in [0.4, 0.5) is 13.2 Å². The number of benzene rings is 1. The third-order valence-corrected chi connectivity index (χ3v) is 5.63. The predicted octanol–water partition coefficient (Wildman–Crippen LogP) is 3.82. The van der Waals surface area contributed by atoms with E-state index in [1.807, 2.05) is 4.90 Å². The van der Waals surface area contributed by atoms with Gasteiger partial charge in [0.25, 0.3) is 0 Å². The van der Waals surface area contributed by atoms with E-state index >= 15 is 0 Å². The minimum absolute atomic E-state index is 0.0198. The zero-order valence-electron chi connectivity index (χ0n) is 14.9. The van der Waals surface area contributed by atoms with Crippen LogP contribution >= 0.6 is 11.8 Å². The van der Waals surface area contributed by atoms with E-state index in [9.17, 15) is 13.2 Å². The van der Waals surface area contributed by atoms with Gasteiger partial charge >= 0.3 is 6.18 Å². The van der Waals surface area contributed by atoms with Crippen molar-refractivity contribution < 1.29 is 23.0 Å². The van der Waals surface area contributed by atoms with E-state index < -0.39 is 11.7 Å². The van der Waals surface area contributed by atoms with E-state index in [-0.39, 0.29) is 29.3 Å². The fourth-order valence-electron chi connectivity index (χ4n) is 2.86. The van der Waals surface area contributed by atoms with Gasteiger partial charge in [0.15, 0.2) is 0 Å². The largest absolute Gasteiger partial charge is 0.486 e. The zero-order valence-corrected chi connectivity index (χ0v) is 15.8. The summed E-state index contributed by atoms with van der Waals surface area (Å²) in [6, 6.07) is 9.26. The van der Waals surface area contributed by atoms with Crippen LogP contribution in [0.15, 0.2) is 47.6 Å². The standard InChI is InChI=1S/C19H20F3N3O2S/c20-19(21,22)16-2-1-8-24-18(16)28-15-7-9-25(10-15)17(23)12-27-14-5-3-13(11-26)4-6-14/h1-6,8,15,23,26H,7,9-12H2. The molecule has 0 radical (unpaired) electrons. The molecule has 1 saturated heterocycles. The molecule has 2 heterocycles. The molecule has 1 unspecified atom stereocenters. The van der Waals surface area contributed by atoms with E-state index in [0.717, 1.165) is 23.4 Å². The van der Waals surface area contributed by atoms with Crippen molar-refractivity contribution in [2.45, 2.75) is 29.5 Å². The number of nitrogens with one attached hydrogen (secondary N) is 1. The number of thioether (sulfide) groups is 1. The summed E-state index contributed by atoms with van der Waals surface area (Å²) in [5.74, 6) is 0.877. The molecule has 1 fully saturated rings. The Hall–Kier alpha value is -2.26. The molecular formula is C19H20F3N3O2S. The second-order valence-electron chi connectivity index (χ2n) is 6.37. The molecule has 5 nitrogen and oxygen atoms in total. The highest BCUT2D eigenvalue weighted by Crippen LogP contribution is 2.38. The first-order valence-electron chi connectivity index (χ1n) is 8.70. The fourth-order valence-corrected chi connectivity index (χ4v) is 4.09. The molecule has 1 aromatic heterocycles. The minimum Gasteiger partial charge on any atom is -0.486 e. The summed E-state index contributed by atoms with van der Waals surface area (Å²) in [5, 5.41) is 17.1. The molecule has 28 heavy (non-hydrogen) atoms. The Morgan fingerprint density at radius 3 is 2.71 bits per heavy atom. The number of aliphatic hydroxyl groups is 1. The summed E-state index contributed by atoms with van der Waals surface area (Å²) in [6.45, 7) is 1.10. The Kier molecular flexibility index (Phi) is 6.46. The smallest absolute Gasteiger partial charge is 0.419 e. The van der Waals surface area contributed by atoms with Crippen LogP contribution in [0.1, 0.15) is 17.5 Å². The number of hydrogen-bond acceptors (Lipinski definition) is 5. The topological polar surface area (TPSA) is 69.4 Å². The van der Waals surface area contributed by atoms with Gasteiger partial charge in [0, 0.05) is 24.5 Å². The fraction of sp³-hybridized carbons (Fsp3) is 0.368. The third-order valence-electron chi connectivity index (χ3n) is 4.36. The van der Waals surface area contributed by atoms with Crippen LogP contribution < -0.4 is 4.74 Å². The Labute approximate surface area is 165 Å². The van der Waals surface area contributed by atoms with Crippen LogP contribution in [-0.2, 0) is 12.8 Å². The van der Waals surface area contributed by atoms with E-state index in [4.69, 9.17) is 15.3 Å². The maximum atomic E-state index is 13.1. The lowest BCUT2D eigenvalue weighted by atomic mass is 10.2. The number of nitrogens with zero attached hydrogens (tertiary/aromatic N) is 2. The zero-order chi connectivity index (χ0) is 20.1. The summed E-state index contributed by atoms with van der Waals surface area (Å²) in [7, 11) is 0. The molecular weight excluding hydrogens is 391 g/mol. The monoisotopic (exact) mass is 411 g/mol. The molecule has 1 aliphatic heterocycles. The van der Waals surface area contributed by atoms with Crippen LogP contribution in [-0.4, -0.2) is 45.8 Å². The number of halogens is 3. The van der Waals surface area contributed by atoms with Gasteiger partial charge in [0.05, 0.1) is 12.2 Å². The number of rotatable bonds is 6. The van der Waals surface area contributed by atoms with Crippen molar-refractivity contribution in [1.82, 2.24) is 9.88 Å². The Bertz CT molecular complexity index is 815. The van der Waals surface area contributed by atoms with Crippen molar-refractivity contribution in [2.75, 3.05) is 19.7 Å². The first-order valence-corrected chi connectivity index (χ1v) is 9.58. The van der Waals surface area contributed by atoms with Gasteiger partial charge in [-0.1, -0.05) is 12.1 Å². The van der Waals surface area contributed by atoms with Gasteiger partial charge in [-0.15, -0.1) is 11.8 Å². The SMILES string of the molecule is N=C(COc1ccc(CO)cc1)N1CCC(Sc2ncccc2C(F)(F)F)C1. The summed E-state index contributed by atoms with van der Waals surface area (Å²) in [5.41, 5.74) is 0.0535. The minimum atomic E-state index is -4.43. The Morgan fingerprint density at radius 1 is 1.29 bits per heavy atom. The number of pyridine rings is 1. The predicted molar refractivity (Wildman–Crippen MR) is 101 cm³/mol. The lowest BCUT2D eigenvalue weighted by Crippen LogP contribution is -2.32. The van der Waals surface area contributed by atoms with Gasteiger partial charge < -0.3 is 14.7 Å². The maximum absolute atomic E-state index is 13.1. The van der Waals surface area contributed by atoms with Crippen LogP contribution in [0, 0.1) is 5.41 Å². The second kappa shape index (κ2) is 8.83. The lowest BCUT2D eigenvalue weighted by Gasteiger charge is -2.20. The normalized spacial score (nSPS) is 17.0. The average molecular weight is 411 g/mol. The van der Waals surface area contributed by atoms with Crippen molar-refractivity contribution in [2.24, 2.45) is 0 Å². The van der Waals surface area contributed by atoms with E-state index in [1.165, 1.54) is 12.3 Å². The number of likely N-dealkylation sites (tertiary alicyclic amines) is 1. The molecule has 3 rings (SSSR count). The first-order chi connectivity index (χ1) is 13.4. The maximum Gasteiger partial charge on any atom is 0.419 e. The molecule has 0 aliphatic carbocycles. The second-order valence-corrected chi connectivity index (χ2v) is 7.65. The first kappa shape index (κ1) is 20.5. The highest BCUT2D eigenvalue weighted by Gasteiger charge is 2.35. The third kappa shape index (κ3) is 5.17. The number of hydrogen-bond donors (Lipinski definition) is 2. The van der Waals surface area contributed by atoms with Gasteiger partial charge in [-0.3, -0.25) is 5.41 Å². The van der Waals surface area contributed by atoms with Crippen LogP contribution in [0.2, 0.25) is 0 Å². The van der Waals surface area contributed by atoms with Crippen molar-refractivity contribution in [3.63, 3.8) is 0 Å². The lowest BCUT2D eigenvalue weighted by molar-refractivity contribution is -0.140. The number of amidine groups is 1. The van der Waals surface area contributed by atoms with Crippen LogP contribution in [0.3, 0.4) is 0 Å². The van der Waals surface area contributed by atoms with Crippen molar-refractivity contribution in [3.05, 3.63) is 53.7 Å². The quantitative estimate of drug-likeness (QED) is 0.559. The van der Waals surface area contributed by atoms with Gasteiger partial charge in [-0.25, -0.2) is 4.98 Å². The van der Waals surface area contributed by atoms with Crippen LogP contribution in [0.5, 0.6) is 5.75 Å². The van der Waals surface area contributed by atoms with E-state index in [0.29, 0.717) is 25.3 Å². The number of aromatic nitrogens is 1. The molecule has 2 aromatic rings. The summed E-state index contributed by atoms with van der Waals surface area (Å²) in [4.78, 5) is 5.71. The molecule has 1 atom stereocenters. The molecule has 1 aromatic carbocycles. The number of alkyl halides is 3. The number of ether oxygens (including phenoxy) is 1. The number of aliphatic hydroxyl groups excluding tert-OH is 1. The molecule has 0 amide bonds. The summed E-state index contributed by atoms with van der Waals surface area (Å²) < 4.78 is 44.9. The summed E-state index contributed by atoms with van der Waals surface area (Å²) in [6.07, 6.45) is -2.39. The van der Waals surface area contributed by atoms with Crippen molar-refractivity contribution in [3.8, 4) is 5.75 Å². The summed E-state index contributed by atoms with van der Waals surface area (Å²) >= 11 is 1.11. The van der Waals surface area contributed by atoms with Crippen molar-refractivity contribution >= 4 is 17.6 Å².